The molecule has 0 amide bonds. The van der Waals surface area contributed by atoms with Crippen molar-refractivity contribution in [3.63, 3.8) is 0 Å². The number of thioether (sulfide) groups is 1. The van der Waals surface area contributed by atoms with E-state index in [0.717, 1.165) is 11.6 Å². The standard InChI is InChI=1S/C15H12F2N4S/c16-13-8-4-7-12(14(13)17)10-22-15-18-19-20-21(15)9-11-5-2-1-3-6-11/h1-8H,9-10H2. The van der Waals surface area contributed by atoms with Crippen molar-refractivity contribution >= 4 is 11.8 Å². The molecule has 112 valence electrons. The van der Waals surface area contributed by atoms with Gasteiger partial charge in [-0.15, -0.1) is 5.10 Å². The maximum atomic E-state index is 13.6. The summed E-state index contributed by atoms with van der Waals surface area (Å²) in [7, 11) is 0. The van der Waals surface area contributed by atoms with Crippen molar-refractivity contribution in [2.45, 2.75) is 17.5 Å². The van der Waals surface area contributed by atoms with Crippen molar-refractivity contribution in [3.05, 3.63) is 71.3 Å². The minimum atomic E-state index is -0.845. The molecule has 0 N–H and O–H groups in total. The van der Waals surface area contributed by atoms with Gasteiger partial charge in [-0.2, -0.15) is 0 Å². The van der Waals surface area contributed by atoms with Gasteiger partial charge in [0, 0.05) is 11.3 Å². The van der Waals surface area contributed by atoms with E-state index in [9.17, 15) is 8.78 Å². The first-order valence-electron chi connectivity index (χ1n) is 6.60. The van der Waals surface area contributed by atoms with E-state index in [1.54, 1.807) is 10.7 Å². The van der Waals surface area contributed by atoms with E-state index in [4.69, 9.17) is 0 Å². The van der Waals surface area contributed by atoms with Crippen molar-refractivity contribution in [1.82, 2.24) is 20.2 Å². The van der Waals surface area contributed by atoms with Crippen LogP contribution in [-0.2, 0) is 12.3 Å². The Morgan fingerprint density at radius 2 is 1.82 bits per heavy atom. The molecule has 2 aromatic carbocycles. The van der Waals surface area contributed by atoms with Crippen LogP contribution in [0.2, 0.25) is 0 Å². The summed E-state index contributed by atoms with van der Waals surface area (Å²) in [4.78, 5) is 0. The molecule has 0 saturated heterocycles. The molecule has 0 radical (unpaired) electrons. The van der Waals surface area contributed by atoms with E-state index >= 15 is 0 Å². The van der Waals surface area contributed by atoms with Crippen LogP contribution in [0.1, 0.15) is 11.1 Å². The molecule has 7 heteroatoms. The number of hydrogen-bond acceptors (Lipinski definition) is 4. The van der Waals surface area contributed by atoms with Crippen molar-refractivity contribution < 1.29 is 8.78 Å². The predicted molar refractivity (Wildman–Crippen MR) is 79.3 cm³/mol. The lowest BCUT2D eigenvalue weighted by Gasteiger charge is -2.05. The fourth-order valence-electron chi connectivity index (χ4n) is 1.96. The van der Waals surface area contributed by atoms with E-state index in [1.165, 1.54) is 17.8 Å². The van der Waals surface area contributed by atoms with Crippen LogP contribution in [-0.4, -0.2) is 20.2 Å². The Hall–Kier alpha value is -2.28. The highest BCUT2D eigenvalue weighted by molar-refractivity contribution is 7.98. The zero-order valence-electron chi connectivity index (χ0n) is 11.5. The third kappa shape index (κ3) is 3.30. The number of aromatic nitrogens is 4. The third-order valence-electron chi connectivity index (χ3n) is 3.06. The van der Waals surface area contributed by atoms with E-state index in [2.05, 4.69) is 15.5 Å². The van der Waals surface area contributed by atoms with Crippen LogP contribution in [0.3, 0.4) is 0 Å². The molecule has 0 spiro atoms. The van der Waals surface area contributed by atoms with Gasteiger partial charge in [0.2, 0.25) is 5.16 Å². The van der Waals surface area contributed by atoms with Crippen molar-refractivity contribution in [3.8, 4) is 0 Å². The Morgan fingerprint density at radius 1 is 1.00 bits per heavy atom. The first-order valence-corrected chi connectivity index (χ1v) is 7.58. The molecule has 0 aliphatic carbocycles. The number of tetrazole rings is 1. The van der Waals surface area contributed by atoms with Crippen LogP contribution >= 0.6 is 11.8 Å². The summed E-state index contributed by atoms with van der Waals surface area (Å²) < 4.78 is 28.4. The SMILES string of the molecule is Fc1cccc(CSc2nnnn2Cc2ccccc2)c1F. The summed E-state index contributed by atoms with van der Waals surface area (Å²) in [6.45, 7) is 0.530. The van der Waals surface area contributed by atoms with Crippen LogP contribution in [0.25, 0.3) is 0 Å². The van der Waals surface area contributed by atoms with Crippen LogP contribution in [0, 0.1) is 11.6 Å². The second kappa shape index (κ2) is 6.65. The molecular weight excluding hydrogens is 306 g/mol. The maximum Gasteiger partial charge on any atom is 0.209 e. The topological polar surface area (TPSA) is 43.6 Å². The molecule has 22 heavy (non-hydrogen) atoms. The van der Waals surface area contributed by atoms with Crippen LogP contribution in [0.4, 0.5) is 8.78 Å². The summed E-state index contributed by atoms with van der Waals surface area (Å²) in [6.07, 6.45) is 0. The highest BCUT2D eigenvalue weighted by atomic mass is 32.2. The first-order chi connectivity index (χ1) is 10.7. The second-order valence-electron chi connectivity index (χ2n) is 4.61. The average Bonchev–Trinajstić information content (AvgIpc) is 2.97. The number of benzene rings is 2. The van der Waals surface area contributed by atoms with Crippen LogP contribution < -0.4 is 0 Å². The molecule has 0 bridgehead atoms. The summed E-state index contributed by atoms with van der Waals surface area (Å²) >= 11 is 1.27. The zero-order chi connectivity index (χ0) is 15.4. The summed E-state index contributed by atoms with van der Waals surface area (Å²) in [5.41, 5.74) is 1.35. The smallest absolute Gasteiger partial charge is 0.209 e. The summed E-state index contributed by atoms with van der Waals surface area (Å²) in [6, 6.07) is 13.9. The van der Waals surface area contributed by atoms with E-state index in [1.807, 2.05) is 30.3 Å². The molecule has 0 atom stereocenters. The fraction of sp³-hybridized carbons (Fsp3) is 0.133. The molecule has 0 aliphatic heterocycles. The van der Waals surface area contributed by atoms with Crippen molar-refractivity contribution in [2.24, 2.45) is 0 Å². The highest BCUT2D eigenvalue weighted by Gasteiger charge is 2.11. The van der Waals surface area contributed by atoms with Gasteiger partial charge < -0.3 is 0 Å². The quantitative estimate of drug-likeness (QED) is 0.677. The van der Waals surface area contributed by atoms with E-state index in [0.29, 0.717) is 17.3 Å². The Kier molecular flexibility index (Phi) is 4.43. The highest BCUT2D eigenvalue weighted by Crippen LogP contribution is 2.23. The van der Waals surface area contributed by atoms with Gasteiger partial charge in [-0.25, -0.2) is 13.5 Å². The Labute approximate surface area is 130 Å². The van der Waals surface area contributed by atoms with Gasteiger partial charge in [0.25, 0.3) is 0 Å². The van der Waals surface area contributed by atoms with Gasteiger partial charge in [0.05, 0.1) is 6.54 Å². The van der Waals surface area contributed by atoms with Gasteiger partial charge in [-0.3, -0.25) is 0 Å². The molecule has 3 rings (SSSR count). The Bertz CT molecular complexity index is 761. The lowest BCUT2D eigenvalue weighted by atomic mass is 10.2. The molecule has 0 saturated carbocycles. The number of nitrogens with zero attached hydrogens (tertiary/aromatic N) is 4. The Morgan fingerprint density at radius 3 is 2.64 bits per heavy atom. The molecule has 4 nitrogen and oxygen atoms in total. The predicted octanol–water partition coefficient (Wildman–Crippen LogP) is 3.29. The third-order valence-corrected chi connectivity index (χ3v) is 4.07. The summed E-state index contributed by atoms with van der Waals surface area (Å²) in [5, 5.41) is 12.1. The van der Waals surface area contributed by atoms with E-state index in [-0.39, 0.29) is 5.75 Å². The average molecular weight is 318 g/mol. The minimum Gasteiger partial charge on any atom is -0.216 e. The van der Waals surface area contributed by atoms with Gasteiger partial charge in [0.15, 0.2) is 11.6 Å². The lowest BCUT2D eigenvalue weighted by molar-refractivity contribution is 0.502. The first kappa shape index (κ1) is 14.6. The molecule has 0 unspecified atom stereocenters. The fourth-order valence-corrected chi connectivity index (χ4v) is 2.81. The Balaban J connectivity index is 1.71. The molecule has 3 aromatic rings. The minimum absolute atomic E-state index is 0.263. The van der Waals surface area contributed by atoms with Gasteiger partial charge >= 0.3 is 0 Å². The van der Waals surface area contributed by atoms with Gasteiger partial charge in [0.1, 0.15) is 0 Å². The molecule has 0 fully saturated rings. The number of halogens is 2. The van der Waals surface area contributed by atoms with Crippen molar-refractivity contribution in [2.75, 3.05) is 0 Å². The monoisotopic (exact) mass is 318 g/mol. The zero-order valence-corrected chi connectivity index (χ0v) is 12.3. The lowest BCUT2D eigenvalue weighted by Crippen LogP contribution is -2.04. The molecule has 0 aliphatic rings. The van der Waals surface area contributed by atoms with Gasteiger partial charge in [-0.05, 0) is 22.1 Å². The van der Waals surface area contributed by atoms with Crippen LogP contribution in [0.5, 0.6) is 0 Å². The van der Waals surface area contributed by atoms with Crippen LogP contribution in [0.15, 0.2) is 53.7 Å². The largest absolute Gasteiger partial charge is 0.216 e. The maximum absolute atomic E-state index is 13.6. The summed E-state index contributed by atoms with van der Waals surface area (Å²) in [5.74, 6) is -1.40. The molecule has 1 heterocycles. The normalized spacial score (nSPS) is 10.8. The van der Waals surface area contributed by atoms with E-state index < -0.39 is 11.6 Å². The van der Waals surface area contributed by atoms with Gasteiger partial charge in [-0.1, -0.05) is 54.2 Å². The number of rotatable bonds is 5. The molecule has 1 aromatic heterocycles. The molecular formula is C15H12F2N4S. The van der Waals surface area contributed by atoms with Crippen molar-refractivity contribution in [1.29, 1.82) is 0 Å². The second-order valence-corrected chi connectivity index (χ2v) is 5.55. The number of hydrogen-bond donors (Lipinski definition) is 0.